The summed E-state index contributed by atoms with van der Waals surface area (Å²) in [5, 5.41) is 8.62. The Bertz CT molecular complexity index is 1290. The average Bonchev–Trinajstić information content (AvgIpc) is 3.32. The van der Waals surface area contributed by atoms with E-state index in [1.165, 1.54) is 29.3 Å². The van der Waals surface area contributed by atoms with Crippen molar-refractivity contribution < 1.29 is 23.2 Å². The van der Waals surface area contributed by atoms with E-state index >= 15 is 0 Å². The highest BCUT2D eigenvalue weighted by atomic mass is 19.1. The van der Waals surface area contributed by atoms with Crippen LogP contribution in [0, 0.1) is 17.6 Å². The lowest BCUT2D eigenvalue weighted by Gasteiger charge is -2.30. The molecular formula is C27H26F2N4O3. The monoisotopic (exact) mass is 492 g/mol. The quantitative estimate of drug-likeness (QED) is 0.642. The molecule has 2 aromatic rings. The Labute approximate surface area is 207 Å². The Morgan fingerprint density at radius 1 is 1.08 bits per heavy atom. The molecule has 2 atom stereocenters. The molecule has 186 valence electrons. The van der Waals surface area contributed by atoms with Gasteiger partial charge in [0, 0.05) is 5.92 Å². The molecule has 1 saturated carbocycles. The van der Waals surface area contributed by atoms with E-state index in [0.717, 1.165) is 41.0 Å². The molecule has 7 nitrogen and oxygen atoms in total. The first-order chi connectivity index (χ1) is 17.1. The number of nitrogens with zero attached hydrogens (tertiary/aromatic N) is 3. The van der Waals surface area contributed by atoms with Gasteiger partial charge in [-0.3, -0.25) is 14.5 Å². The van der Waals surface area contributed by atoms with Gasteiger partial charge in [-0.05, 0) is 80.2 Å². The maximum atomic E-state index is 13.7. The van der Waals surface area contributed by atoms with Crippen LogP contribution in [0.3, 0.4) is 0 Å². The van der Waals surface area contributed by atoms with Gasteiger partial charge in [-0.2, -0.15) is 5.10 Å². The lowest BCUT2D eigenvalue weighted by Crippen LogP contribution is -2.44. The first-order valence-corrected chi connectivity index (χ1v) is 11.9. The number of carbonyl (C=O) groups excluding carboxylic acids is 3. The third-order valence-electron chi connectivity index (χ3n) is 6.92. The van der Waals surface area contributed by atoms with Crippen LogP contribution in [0.5, 0.6) is 0 Å². The highest BCUT2D eigenvalue weighted by molar-refractivity contribution is 6.10. The summed E-state index contributed by atoms with van der Waals surface area (Å²) in [6, 6.07) is 11.0. The summed E-state index contributed by atoms with van der Waals surface area (Å²) in [5.74, 6) is -1.85. The second-order valence-corrected chi connectivity index (χ2v) is 9.89. The number of amides is 4. The molecule has 1 N–H and O–H groups in total. The average molecular weight is 493 g/mol. The zero-order valence-electron chi connectivity index (χ0n) is 20.0. The van der Waals surface area contributed by atoms with E-state index in [9.17, 15) is 23.2 Å². The van der Waals surface area contributed by atoms with Crippen LogP contribution in [0.4, 0.5) is 13.6 Å². The lowest BCUT2D eigenvalue weighted by atomic mass is 9.77. The predicted molar refractivity (Wildman–Crippen MR) is 129 cm³/mol. The molecule has 2 heterocycles. The van der Waals surface area contributed by atoms with Gasteiger partial charge in [-0.15, -0.1) is 0 Å². The van der Waals surface area contributed by atoms with Crippen LogP contribution in [-0.4, -0.2) is 45.5 Å². The molecule has 2 fully saturated rings. The molecule has 1 aliphatic carbocycles. The van der Waals surface area contributed by atoms with E-state index in [1.807, 2.05) is 6.08 Å². The second kappa shape index (κ2) is 8.96. The summed E-state index contributed by atoms with van der Waals surface area (Å²) in [6.07, 6.45) is 4.31. The van der Waals surface area contributed by atoms with Crippen molar-refractivity contribution in [2.24, 2.45) is 11.0 Å². The Morgan fingerprint density at radius 2 is 1.72 bits per heavy atom. The molecule has 36 heavy (non-hydrogen) atoms. The zero-order chi connectivity index (χ0) is 25.6. The minimum Gasteiger partial charge on any atom is -0.324 e. The van der Waals surface area contributed by atoms with E-state index in [1.54, 1.807) is 38.1 Å². The van der Waals surface area contributed by atoms with E-state index in [-0.39, 0.29) is 11.7 Å². The Balaban J connectivity index is 1.50. The number of hydrogen-bond acceptors (Lipinski definition) is 4. The van der Waals surface area contributed by atoms with Crippen molar-refractivity contribution in [2.45, 2.75) is 44.7 Å². The summed E-state index contributed by atoms with van der Waals surface area (Å²) in [4.78, 5) is 39.5. The SMILES string of the molecule is CC1(C)NC(=O)N(CC(=O)N2N=C3C(=Cc4ccc(F)cc4)CCCC3C2c2ccc(F)cc2)C1=O. The maximum absolute atomic E-state index is 13.7. The third kappa shape index (κ3) is 4.29. The Hall–Kier alpha value is -3.88. The van der Waals surface area contributed by atoms with E-state index in [0.29, 0.717) is 5.56 Å². The van der Waals surface area contributed by atoms with Crippen LogP contribution >= 0.6 is 0 Å². The fourth-order valence-corrected chi connectivity index (χ4v) is 5.13. The second-order valence-electron chi connectivity index (χ2n) is 9.89. The number of urea groups is 1. The third-order valence-corrected chi connectivity index (χ3v) is 6.92. The van der Waals surface area contributed by atoms with Crippen molar-refractivity contribution in [3.8, 4) is 0 Å². The number of rotatable bonds is 4. The van der Waals surface area contributed by atoms with Gasteiger partial charge in [0.2, 0.25) is 0 Å². The first-order valence-electron chi connectivity index (χ1n) is 11.9. The lowest BCUT2D eigenvalue weighted by molar-refractivity contribution is -0.140. The number of nitrogens with one attached hydrogen (secondary N) is 1. The fourth-order valence-electron chi connectivity index (χ4n) is 5.13. The molecule has 4 amide bonds. The molecule has 2 unspecified atom stereocenters. The van der Waals surface area contributed by atoms with Crippen molar-refractivity contribution in [1.82, 2.24) is 15.2 Å². The Morgan fingerprint density at radius 3 is 2.33 bits per heavy atom. The van der Waals surface area contributed by atoms with Gasteiger partial charge in [0.05, 0.1) is 11.8 Å². The largest absolute Gasteiger partial charge is 0.325 e. The predicted octanol–water partition coefficient (Wildman–Crippen LogP) is 4.42. The highest BCUT2D eigenvalue weighted by Gasteiger charge is 2.48. The van der Waals surface area contributed by atoms with Crippen LogP contribution in [-0.2, 0) is 9.59 Å². The van der Waals surface area contributed by atoms with Crippen molar-refractivity contribution >= 4 is 29.6 Å². The summed E-state index contributed by atoms with van der Waals surface area (Å²) in [7, 11) is 0. The number of hydrazone groups is 1. The fraction of sp³-hybridized carbons (Fsp3) is 0.333. The number of benzene rings is 2. The molecule has 1 saturated heterocycles. The molecular weight excluding hydrogens is 466 g/mol. The van der Waals surface area contributed by atoms with Crippen molar-refractivity contribution in [2.75, 3.05) is 6.54 Å². The molecule has 2 aromatic carbocycles. The summed E-state index contributed by atoms with van der Waals surface area (Å²) < 4.78 is 27.1. The van der Waals surface area contributed by atoms with Gasteiger partial charge in [0.1, 0.15) is 23.7 Å². The summed E-state index contributed by atoms with van der Waals surface area (Å²) >= 11 is 0. The van der Waals surface area contributed by atoms with Gasteiger partial charge in [0.15, 0.2) is 0 Å². The Kier molecular flexibility index (Phi) is 5.94. The van der Waals surface area contributed by atoms with Crippen LogP contribution in [0.2, 0.25) is 0 Å². The first kappa shape index (κ1) is 23.8. The highest BCUT2D eigenvalue weighted by Crippen LogP contribution is 2.44. The van der Waals surface area contributed by atoms with Crippen LogP contribution in [0.25, 0.3) is 6.08 Å². The zero-order valence-corrected chi connectivity index (χ0v) is 20.0. The van der Waals surface area contributed by atoms with Crippen LogP contribution < -0.4 is 5.32 Å². The minimum absolute atomic E-state index is 0.139. The van der Waals surface area contributed by atoms with Crippen molar-refractivity contribution in [3.63, 3.8) is 0 Å². The normalized spacial score (nSPS) is 24.1. The van der Waals surface area contributed by atoms with Gasteiger partial charge in [0.25, 0.3) is 11.8 Å². The molecule has 0 spiro atoms. The molecule has 0 aromatic heterocycles. The molecule has 2 aliphatic heterocycles. The number of fused-ring (bicyclic) bond motifs is 1. The van der Waals surface area contributed by atoms with Crippen LogP contribution in [0.15, 0.2) is 59.2 Å². The van der Waals surface area contributed by atoms with Crippen molar-refractivity contribution in [3.05, 3.63) is 76.9 Å². The standard InChI is InChI=1S/C27H26F2N4O3/c1-27(2)25(35)32(26(36)30-27)15-22(34)33-24(17-8-12-20(29)13-9-17)21-5-3-4-18(23(21)31-33)14-16-6-10-19(28)11-7-16/h6-14,21,24H,3-5,15H2,1-2H3,(H,30,36). The summed E-state index contributed by atoms with van der Waals surface area (Å²) in [5.41, 5.74) is 2.12. The van der Waals surface area contributed by atoms with Gasteiger partial charge in [-0.1, -0.05) is 24.3 Å². The molecule has 9 heteroatoms. The smallest absolute Gasteiger partial charge is 0.324 e. The van der Waals surface area contributed by atoms with E-state index in [2.05, 4.69) is 5.32 Å². The number of halogens is 2. The van der Waals surface area contributed by atoms with Gasteiger partial charge >= 0.3 is 6.03 Å². The molecule has 3 aliphatic rings. The molecule has 0 radical (unpaired) electrons. The number of hydrogen-bond donors (Lipinski definition) is 1. The van der Waals surface area contributed by atoms with E-state index < -0.39 is 41.8 Å². The van der Waals surface area contributed by atoms with Crippen molar-refractivity contribution in [1.29, 1.82) is 0 Å². The van der Waals surface area contributed by atoms with Gasteiger partial charge < -0.3 is 5.32 Å². The topological polar surface area (TPSA) is 82.1 Å². The summed E-state index contributed by atoms with van der Waals surface area (Å²) in [6.45, 7) is 2.71. The van der Waals surface area contributed by atoms with Crippen LogP contribution in [0.1, 0.15) is 50.3 Å². The number of carbonyl (C=O) groups is 3. The number of imide groups is 1. The van der Waals surface area contributed by atoms with Gasteiger partial charge in [-0.25, -0.2) is 18.6 Å². The molecule has 5 rings (SSSR count). The minimum atomic E-state index is -1.09. The number of allylic oxidation sites excluding steroid dienone is 1. The van der Waals surface area contributed by atoms with E-state index in [4.69, 9.17) is 5.10 Å². The maximum Gasteiger partial charge on any atom is 0.325 e. The molecule has 0 bridgehead atoms.